The maximum absolute atomic E-state index is 5.89. The molecule has 1 aromatic heterocycles. The Morgan fingerprint density at radius 3 is 2.56 bits per heavy atom. The van der Waals surface area contributed by atoms with Gasteiger partial charge in [-0.2, -0.15) is 0 Å². The van der Waals surface area contributed by atoms with Crippen molar-refractivity contribution < 1.29 is 9.15 Å². The fourth-order valence-electron chi connectivity index (χ4n) is 3.35. The molecule has 0 saturated heterocycles. The summed E-state index contributed by atoms with van der Waals surface area (Å²) in [5.74, 6) is 0.937. The van der Waals surface area contributed by atoms with Gasteiger partial charge in [-0.1, -0.05) is 36.4 Å². The lowest BCUT2D eigenvalue weighted by molar-refractivity contribution is 0.409. The van der Waals surface area contributed by atoms with Crippen LogP contribution in [-0.4, -0.2) is 13.2 Å². The minimum Gasteiger partial charge on any atom is -0.496 e. The first-order valence-corrected chi connectivity index (χ1v) is 8.54. The predicted octanol–water partition coefficient (Wildman–Crippen LogP) is 5.64. The van der Waals surface area contributed by atoms with E-state index < -0.39 is 0 Å². The molecule has 3 aromatic carbocycles. The standard InChI is InChI=1S/C22H21NO2/c1-15(13-16-7-3-5-9-20(16)24-2)23-17-11-12-22-19(14-17)18-8-4-6-10-21(18)25-22/h3-12,14-15,23H,13H2,1-2H3. The molecule has 0 bridgehead atoms. The summed E-state index contributed by atoms with van der Waals surface area (Å²) >= 11 is 0. The summed E-state index contributed by atoms with van der Waals surface area (Å²) in [6.45, 7) is 2.18. The maximum Gasteiger partial charge on any atom is 0.135 e. The van der Waals surface area contributed by atoms with Gasteiger partial charge in [-0.3, -0.25) is 0 Å². The van der Waals surface area contributed by atoms with Crippen molar-refractivity contribution in [2.24, 2.45) is 0 Å². The first-order valence-electron chi connectivity index (χ1n) is 8.54. The highest BCUT2D eigenvalue weighted by atomic mass is 16.5. The lowest BCUT2D eigenvalue weighted by Crippen LogP contribution is -2.18. The van der Waals surface area contributed by atoms with E-state index in [9.17, 15) is 0 Å². The molecule has 0 amide bonds. The second-order valence-electron chi connectivity index (χ2n) is 6.37. The van der Waals surface area contributed by atoms with Crippen molar-refractivity contribution in [1.82, 2.24) is 0 Å². The van der Waals surface area contributed by atoms with Crippen LogP contribution in [0.3, 0.4) is 0 Å². The molecule has 0 aliphatic heterocycles. The minimum absolute atomic E-state index is 0.284. The molecular weight excluding hydrogens is 310 g/mol. The second-order valence-corrected chi connectivity index (χ2v) is 6.37. The van der Waals surface area contributed by atoms with Gasteiger partial charge in [-0.15, -0.1) is 0 Å². The van der Waals surface area contributed by atoms with E-state index in [1.165, 1.54) is 5.56 Å². The van der Waals surface area contributed by atoms with Crippen LogP contribution in [0, 0.1) is 0 Å². The number of anilines is 1. The quantitative estimate of drug-likeness (QED) is 0.514. The first kappa shape index (κ1) is 15.6. The summed E-state index contributed by atoms with van der Waals surface area (Å²) in [6.07, 6.45) is 0.897. The van der Waals surface area contributed by atoms with Crippen LogP contribution in [-0.2, 0) is 6.42 Å². The van der Waals surface area contributed by atoms with E-state index in [1.807, 2.05) is 42.5 Å². The van der Waals surface area contributed by atoms with Crippen LogP contribution < -0.4 is 10.1 Å². The normalized spacial score (nSPS) is 12.4. The summed E-state index contributed by atoms with van der Waals surface area (Å²) in [5.41, 5.74) is 4.15. The number of hydrogen-bond acceptors (Lipinski definition) is 3. The highest BCUT2D eigenvalue weighted by molar-refractivity contribution is 6.05. The molecule has 0 fully saturated rings. The topological polar surface area (TPSA) is 34.4 Å². The summed E-state index contributed by atoms with van der Waals surface area (Å²) in [4.78, 5) is 0. The molecule has 3 heteroatoms. The monoisotopic (exact) mass is 331 g/mol. The van der Waals surface area contributed by atoms with Crippen LogP contribution in [0.5, 0.6) is 5.75 Å². The first-order chi connectivity index (χ1) is 12.2. The average molecular weight is 331 g/mol. The summed E-state index contributed by atoms with van der Waals surface area (Å²) in [7, 11) is 1.72. The summed E-state index contributed by atoms with van der Waals surface area (Å²) in [5, 5.41) is 5.89. The Morgan fingerprint density at radius 1 is 0.920 bits per heavy atom. The molecule has 25 heavy (non-hydrogen) atoms. The maximum atomic E-state index is 5.89. The molecule has 1 heterocycles. The van der Waals surface area contributed by atoms with E-state index in [4.69, 9.17) is 9.15 Å². The van der Waals surface area contributed by atoms with Crippen molar-refractivity contribution in [3.05, 3.63) is 72.3 Å². The van der Waals surface area contributed by atoms with Gasteiger partial charge in [0.05, 0.1) is 7.11 Å². The van der Waals surface area contributed by atoms with Gasteiger partial charge in [0.25, 0.3) is 0 Å². The van der Waals surface area contributed by atoms with Gasteiger partial charge in [-0.05, 0) is 49.2 Å². The van der Waals surface area contributed by atoms with Crippen molar-refractivity contribution in [3.8, 4) is 5.75 Å². The molecule has 0 aliphatic rings. The molecule has 126 valence electrons. The second kappa shape index (κ2) is 6.52. The van der Waals surface area contributed by atoms with Gasteiger partial charge in [0.1, 0.15) is 16.9 Å². The van der Waals surface area contributed by atoms with Gasteiger partial charge in [-0.25, -0.2) is 0 Å². The molecule has 0 radical (unpaired) electrons. The molecule has 1 unspecified atom stereocenters. The highest BCUT2D eigenvalue weighted by Crippen LogP contribution is 2.31. The van der Waals surface area contributed by atoms with Crippen LogP contribution in [0.4, 0.5) is 5.69 Å². The Balaban J connectivity index is 1.58. The SMILES string of the molecule is COc1ccccc1CC(C)Nc1ccc2oc3ccccc3c2c1. The smallest absolute Gasteiger partial charge is 0.135 e. The Labute approximate surface area is 147 Å². The number of rotatable bonds is 5. The van der Waals surface area contributed by atoms with Gasteiger partial charge in [0, 0.05) is 22.5 Å². The van der Waals surface area contributed by atoms with Crippen molar-refractivity contribution in [1.29, 1.82) is 0 Å². The number of benzene rings is 3. The van der Waals surface area contributed by atoms with Gasteiger partial charge in [0.2, 0.25) is 0 Å². The van der Waals surface area contributed by atoms with Crippen molar-refractivity contribution in [2.45, 2.75) is 19.4 Å². The molecule has 3 nitrogen and oxygen atoms in total. The van der Waals surface area contributed by atoms with Gasteiger partial charge in [0.15, 0.2) is 0 Å². The number of methoxy groups -OCH3 is 1. The Kier molecular flexibility index (Phi) is 4.06. The van der Waals surface area contributed by atoms with Crippen molar-refractivity contribution in [3.63, 3.8) is 0 Å². The van der Waals surface area contributed by atoms with Crippen molar-refractivity contribution >= 4 is 27.6 Å². The summed E-state index contributed by atoms with van der Waals surface area (Å²) < 4.78 is 11.3. The fourth-order valence-corrected chi connectivity index (χ4v) is 3.35. The van der Waals surface area contributed by atoms with Gasteiger partial charge < -0.3 is 14.5 Å². The Bertz CT molecular complexity index is 1020. The largest absolute Gasteiger partial charge is 0.496 e. The zero-order valence-corrected chi connectivity index (χ0v) is 14.5. The molecule has 4 aromatic rings. The zero-order valence-electron chi connectivity index (χ0n) is 14.5. The third kappa shape index (κ3) is 3.05. The number of furan rings is 1. The van der Waals surface area contributed by atoms with E-state index in [2.05, 4.69) is 36.5 Å². The van der Waals surface area contributed by atoms with Crippen molar-refractivity contribution in [2.75, 3.05) is 12.4 Å². The molecular formula is C22H21NO2. The van der Waals surface area contributed by atoms with E-state index in [0.717, 1.165) is 39.8 Å². The van der Waals surface area contributed by atoms with Crippen LogP contribution in [0.1, 0.15) is 12.5 Å². The van der Waals surface area contributed by atoms with Crippen LogP contribution in [0.2, 0.25) is 0 Å². The molecule has 1 atom stereocenters. The van der Waals surface area contributed by atoms with Crippen LogP contribution in [0.25, 0.3) is 21.9 Å². The number of nitrogens with one attached hydrogen (secondary N) is 1. The third-order valence-electron chi connectivity index (χ3n) is 4.51. The molecule has 0 saturated carbocycles. The number of fused-ring (bicyclic) bond motifs is 3. The third-order valence-corrected chi connectivity index (χ3v) is 4.51. The highest BCUT2D eigenvalue weighted by Gasteiger charge is 2.10. The fraction of sp³-hybridized carbons (Fsp3) is 0.182. The van der Waals surface area contributed by atoms with Crippen LogP contribution >= 0.6 is 0 Å². The minimum atomic E-state index is 0.284. The van der Waals surface area contributed by atoms with Crippen LogP contribution in [0.15, 0.2) is 71.1 Å². The average Bonchev–Trinajstić information content (AvgIpc) is 3.00. The Hall–Kier alpha value is -2.94. The predicted molar refractivity (Wildman–Crippen MR) is 104 cm³/mol. The molecule has 1 N–H and O–H groups in total. The lowest BCUT2D eigenvalue weighted by atomic mass is 10.1. The molecule has 0 aliphatic carbocycles. The Morgan fingerprint density at radius 2 is 1.68 bits per heavy atom. The van der Waals surface area contributed by atoms with E-state index in [0.29, 0.717) is 0 Å². The van der Waals surface area contributed by atoms with E-state index >= 15 is 0 Å². The molecule has 4 rings (SSSR count). The number of hydrogen-bond donors (Lipinski definition) is 1. The number of para-hydroxylation sites is 2. The van der Waals surface area contributed by atoms with Gasteiger partial charge >= 0.3 is 0 Å². The lowest BCUT2D eigenvalue weighted by Gasteiger charge is -2.17. The number of ether oxygens (including phenoxy) is 1. The summed E-state index contributed by atoms with van der Waals surface area (Å²) in [6, 6.07) is 22.9. The van der Waals surface area contributed by atoms with E-state index in [-0.39, 0.29) is 6.04 Å². The van der Waals surface area contributed by atoms with E-state index in [1.54, 1.807) is 7.11 Å². The zero-order chi connectivity index (χ0) is 17.2. The molecule has 0 spiro atoms.